The number of piperidine rings is 2. The second-order valence-corrected chi connectivity index (χ2v) is 9.53. The molecule has 2 fully saturated rings. The summed E-state index contributed by atoms with van der Waals surface area (Å²) in [5.41, 5.74) is 2.73. The molecule has 7 heteroatoms. The highest BCUT2D eigenvalue weighted by Crippen LogP contribution is 2.26. The van der Waals surface area contributed by atoms with E-state index in [1.54, 1.807) is 18.2 Å². The Labute approximate surface area is 202 Å². The number of hydrogen-bond donors (Lipinski definition) is 0. The van der Waals surface area contributed by atoms with Crippen molar-refractivity contribution in [3.05, 3.63) is 59.2 Å². The van der Waals surface area contributed by atoms with Crippen molar-refractivity contribution in [2.75, 3.05) is 32.4 Å². The number of rotatable bonds is 8. The number of hydrogen-bond acceptors (Lipinski definition) is 6. The largest absolute Gasteiger partial charge is 0.490 e. The van der Waals surface area contributed by atoms with Crippen molar-refractivity contribution in [3.63, 3.8) is 0 Å². The fourth-order valence-electron chi connectivity index (χ4n) is 4.09. The summed E-state index contributed by atoms with van der Waals surface area (Å²) in [6, 6.07) is 7.76. The second-order valence-electron chi connectivity index (χ2n) is 8.64. The molecule has 0 bridgehead atoms. The third-order valence-electron chi connectivity index (χ3n) is 6.26. The molecule has 33 heavy (non-hydrogen) atoms. The van der Waals surface area contributed by atoms with Gasteiger partial charge in [0.1, 0.15) is 18.0 Å². The van der Waals surface area contributed by atoms with Gasteiger partial charge in [0, 0.05) is 50.8 Å². The van der Waals surface area contributed by atoms with Gasteiger partial charge in [-0.15, -0.1) is 0 Å². The van der Waals surface area contributed by atoms with Crippen molar-refractivity contribution in [1.29, 1.82) is 0 Å². The zero-order chi connectivity index (χ0) is 23.8. The summed E-state index contributed by atoms with van der Waals surface area (Å²) in [6.45, 7) is 13.4. The number of aliphatic imine (C=N–C) groups is 1. The zero-order valence-corrected chi connectivity index (χ0v) is 21.2. The van der Waals surface area contributed by atoms with Gasteiger partial charge in [-0.05, 0) is 52.0 Å². The van der Waals surface area contributed by atoms with Crippen molar-refractivity contribution >= 4 is 24.1 Å². The van der Waals surface area contributed by atoms with Gasteiger partial charge in [-0.1, -0.05) is 36.2 Å². The maximum Gasteiger partial charge on any atom is 0.253 e. The maximum absolute atomic E-state index is 12.8. The van der Waals surface area contributed by atoms with E-state index in [9.17, 15) is 4.79 Å². The molecule has 3 rings (SSSR count). The molecule has 1 amide bonds. The van der Waals surface area contributed by atoms with Gasteiger partial charge in [0.2, 0.25) is 5.88 Å². The Bertz CT molecular complexity index is 865. The van der Waals surface area contributed by atoms with Crippen LogP contribution in [0.25, 0.3) is 0 Å². The van der Waals surface area contributed by atoms with E-state index in [4.69, 9.17) is 9.47 Å². The summed E-state index contributed by atoms with van der Waals surface area (Å²) in [6.07, 6.45) is 7.57. The Kier molecular flexibility index (Phi) is 9.44. The molecule has 0 atom stereocenters. The summed E-state index contributed by atoms with van der Waals surface area (Å²) in [4.78, 5) is 19.2. The molecule has 1 aromatic carbocycles. The molecule has 0 saturated carbocycles. The molecule has 180 valence electrons. The molecular formula is C26H37N3O3S. The minimum Gasteiger partial charge on any atom is -0.490 e. The molecule has 2 saturated heterocycles. The van der Waals surface area contributed by atoms with Gasteiger partial charge in [-0.3, -0.25) is 9.10 Å². The smallest absolute Gasteiger partial charge is 0.253 e. The molecule has 0 spiro atoms. The first kappa shape index (κ1) is 25.4. The Morgan fingerprint density at radius 3 is 2.21 bits per heavy atom. The van der Waals surface area contributed by atoms with Crippen LogP contribution in [0, 0.1) is 6.92 Å². The number of benzene rings is 1. The third-order valence-corrected chi connectivity index (χ3v) is 7.14. The van der Waals surface area contributed by atoms with Gasteiger partial charge in [0.05, 0.1) is 5.57 Å². The summed E-state index contributed by atoms with van der Waals surface area (Å²) in [7, 11) is 0. The highest BCUT2D eigenvalue weighted by Gasteiger charge is 2.26. The van der Waals surface area contributed by atoms with Crippen LogP contribution in [0.3, 0.4) is 0 Å². The van der Waals surface area contributed by atoms with Crippen LogP contribution in [0.15, 0.2) is 53.1 Å². The fourth-order valence-corrected chi connectivity index (χ4v) is 4.66. The predicted molar refractivity (Wildman–Crippen MR) is 136 cm³/mol. The Morgan fingerprint density at radius 1 is 1.06 bits per heavy atom. The van der Waals surface area contributed by atoms with Crippen LogP contribution in [0.4, 0.5) is 0 Å². The van der Waals surface area contributed by atoms with E-state index < -0.39 is 0 Å². The fraction of sp³-hybridized carbons (Fsp3) is 0.538. The lowest BCUT2D eigenvalue weighted by Gasteiger charge is -2.33. The average molecular weight is 472 g/mol. The van der Waals surface area contributed by atoms with Crippen LogP contribution in [-0.2, 0) is 9.47 Å². The number of nitrogens with zero attached hydrogens (tertiary/aromatic N) is 3. The summed E-state index contributed by atoms with van der Waals surface area (Å²) >= 11 is 1.79. The van der Waals surface area contributed by atoms with Gasteiger partial charge in [-0.25, -0.2) is 4.99 Å². The monoisotopic (exact) mass is 471 g/mol. The first-order chi connectivity index (χ1) is 15.9. The number of carbonyl (C=O) groups is 1. The van der Waals surface area contributed by atoms with Gasteiger partial charge in [0.25, 0.3) is 5.91 Å². The first-order valence-electron chi connectivity index (χ1n) is 11.8. The van der Waals surface area contributed by atoms with Gasteiger partial charge in [-0.2, -0.15) is 0 Å². The van der Waals surface area contributed by atoms with E-state index in [0.717, 1.165) is 55.5 Å². The molecule has 0 aliphatic carbocycles. The van der Waals surface area contributed by atoms with Crippen molar-refractivity contribution in [2.45, 2.75) is 58.7 Å². The average Bonchev–Trinajstić information content (AvgIpc) is 2.84. The second kappa shape index (κ2) is 12.3. The normalized spacial score (nSPS) is 19.5. The number of carbonyl (C=O) groups excluding carboxylic acids is 1. The summed E-state index contributed by atoms with van der Waals surface area (Å²) < 4.78 is 14.8. The van der Waals surface area contributed by atoms with Crippen molar-refractivity contribution in [2.24, 2.45) is 4.99 Å². The van der Waals surface area contributed by atoms with E-state index in [0.29, 0.717) is 24.7 Å². The zero-order valence-electron chi connectivity index (χ0n) is 20.4. The van der Waals surface area contributed by atoms with Crippen LogP contribution >= 0.6 is 11.9 Å². The highest BCUT2D eigenvalue weighted by atomic mass is 32.2. The first-order valence-corrected chi connectivity index (χ1v) is 13.0. The molecule has 0 unspecified atom stereocenters. The molecular weight excluding hydrogens is 434 g/mol. The number of likely N-dealkylation sites (tertiary alicyclic amines) is 1. The molecule has 2 aliphatic heterocycles. The van der Waals surface area contributed by atoms with Crippen LogP contribution < -0.4 is 0 Å². The third kappa shape index (κ3) is 7.11. The topological polar surface area (TPSA) is 54.4 Å². The van der Waals surface area contributed by atoms with Crippen LogP contribution in [0.1, 0.15) is 55.5 Å². The Hall–Kier alpha value is -2.25. The highest BCUT2D eigenvalue weighted by molar-refractivity contribution is 7.96. The molecule has 1 aromatic rings. The van der Waals surface area contributed by atoms with Crippen molar-refractivity contribution in [1.82, 2.24) is 9.21 Å². The molecule has 0 N–H and O–H groups in total. The van der Waals surface area contributed by atoms with Crippen LogP contribution in [0.2, 0.25) is 0 Å². The molecule has 2 aliphatic rings. The van der Waals surface area contributed by atoms with E-state index in [-0.39, 0.29) is 18.1 Å². The van der Waals surface area contributed by atoms with Gasteiger partial charge in [0.15, 0.2) is 0 Å². The lowest BCUT2D eigenvalue weighted by molar-refractivity contribution is 0.0379. The number of aryl methyl sites for hydroxylation is 1. The van der Waals surface area contributed by atoms with Gasteiger partial charge < -0.3 is 14.4 Å². The lowest BCUT2D eigenvalue weighted by Crippen LogP contribution is -2.40. The minimum absolute atomic E-state index is 0.0123. The molecule has 6 nitrogen and oxygen atoms in total. The molecule has 0 aromatic heterocycles. The Morgan fingerprint density at radius 2 is 1.64 bits per heavy atom. The quantitative estimate of drug-likeness (QED) is 0.225. The van der Waals surface area contributed by atoms with Crippen molar-refractivity contribution in [3.8, 4) is 0 Å². The van der Waals surface area contributed by atoms with Crippen LogP contribution in [0.5, 0.6) is 0 Å². The number of ether oxygens (including phenoxy) is 2. The van der Waals surface area contributed by atoms with Gasteiger partial charge >= 0.3 is 0 Å². The standard InChI is InChI=1S/C26H37N3O3S/c1-6-27-25(20(3)21(4)31-23-13-17-29(33-5)18-14-23)32-24-11-15-28(16-12-24)26(30)22-9-7-19(2)8-10-22/h6-10,23-24H,4,11-18H2,1-3,5H3/b25-20+,27-6-. The van der Waals surface area contributed by atoms with E-state index in [2.05, 4.69) is 22.1 Å². The van der Waals surface area contributed by atoms with E-state index in [1.807, 2.05) is 49.9 Å². The van der Waals surface area contributed by atoms with Crippen molar-refractivity contribution < 1.29 is 14.3 Å². The number of amides is 1. The van der Waals surface area contributed by atoms with E-state index in [1.165, 1.54) is 0 Å². The lowest BCUT2D eigenvalue weighted by atomic mass is 10.1. The summed E-state index contributed by atoms with van der Waals surface area (Å²) in [5, 5.41) is 0. The number of allylic oxidation sites excluding steroid dienone is 1. The SMILES string of the molecule is C=C(OC1CCN(SC)CC1)/C(C)=C(\N=C/C)OC1CCN(C(=O)c2ccc(C)cc2)CC1. The maximum atomic E-state index is 12.8. The minimum atomic E-state index is 0.0123. The van der Waals surface area contributed by atoms with E-state index >= 15 is 0 Å². The predicted octanol–water partition coefficient (Wildman–Crippen LogP) is 5.21. The Balaban J connectivity index is 1.55. The molecule has 0 radical (unpaired) electrons. The molecule has 2 heterocycles. The summed E-state index contributed by atoms with van der Waals surface area (Å²) in [5.74, 6) is 1.28. The van der Waals surface area contributed by atoms with Crippen LogP contribution in [-0.4, -0.2) is 66.0 Å².